The van der Waals surface area contributed by atoms with Crippen molar-refractivity contribution in [3.8, 4) is 0 Å². The van der Waals surface area contributed by atoms with Crippen LogP contribution in [0.2, 0.25) is 19.1 Å². The average Bonchev–Trinajstić information content (AvgIpc) is 2.64. The standard InChI is InChI=1S/C25H52OSi/c1-5-7-9-11-13-15-17-19-21-23-25-27(3,4)26-24-22-20-18-16-14-12-10-8-6-2/h6H,2,5,7-25H2,1,3-4H3. The molecular formula is C25H52OSi. The van der Waals surface area contributed by atoms with Gasteiger partial charge in [-0.3, -0.25) is 0 Å². The van der Waals surface area contributed by atoms with Crippen molar-refractivity contribution in [2.75, 3.05) is 6.61 Å². The lowest BCUT2D eigenvalue weighted by Gasteiger charge is -2.23. The second-order valence-corrected chi connectivity index (χ2v) is 13.4. The molecule has 0 saturated carbocycles. The molecule has 0 saturated heterocycles. The van der Waals surface area contributed by atoms with Crippen LogP contribution in [-0.2, 0) is 4.43 Å². The Kier molecular flexibility index (Phi) is 20.6. The van der Waals surface area contributed by atoms with Gasteiger partial charge in [-0.15, -0.1) is 6.58 Å². The lowest BCUT2D eigenvalue weighted by molar-refractivity contribution is 0.293. The molecule has 0 aromatic carbocycles. The van der Waals surface area contributed by atoms with E-state index in [1.165, 1.54) is 122 Å². The maximum absolute atomic E-state index is 6.30. The monoisotopic (exact) mass is 396 g/mol. The Morgan fingerprint density at radius 3 is 1.59 bits per heavy atom. The van der Waals surface area contributed by atoms with Gasteiger partial charge >= 0.3 is 0 Å². The molecule has 0 aliphatic heterocycles. The molecule has 0 radical (unpaired) electrons. The molecule has 162 valence electrons. The van der Waals surface area contributed by atoms with Gasteiger partial charge in [0.15, 0.2) is 8.32 Å². The highest BCUT2D eigenvalue weighted by Crippen LogP contribution is 2.19. The summed E-state index contributed by atoms with van der Waals surface area (Å²) in [5.41, 5.74) is 0. The van der Waals surface area contributed by atoms with Crippen molar-refractivity contribution < 1.29 is 4.43 Å². The van der Waals surface area contributed by atoms with Crippen LogP contribution >= 0.6 is 0 Å². The van der Waals surface area contributed by atoms with Gasteiger partial charge in [0.1, 0.15) is 0 Å². The summed E-state index contributed by atoms with van der Waals surface area (Å²) in [6.45, 7) is 11.9. The first-order valence-corrected chi connectivity index (χ1v) is 15.5. The zero-order valence-electron chi connectivity index (χ0n) is 19.3. The zero-order valence-corrected chi connectivity index (χ0v) is 20.3. The molecule has 0 rings (SSSR count). The zero-order chi connectivity index (χ0) is 20.1. The molecule has 0 heterocycles. The van der Waals surface area contributed by atoms with E-state index in [9.17, 15) is 0 Å². The van der Waals surface area contributed by atoms with E-state index in [2.05, 4.69) is 26.6 Å². The summed E-state index contributed by atoms with van der Waals surface area (Å²) in [6, 6.07) is 1.35. The van der Waals surface area contributed by atoms with Crippen molar-refractivity contribution in [2.45, 2.75) is 142 Å². The van der Waals surface area contributed by atoms with Gasteiger partial charge in [0, 0.05) is 6.61 Å². The molecule has 0 aliphatic carbocycles. The Morgan fingerprint density at radius 1 is 0.630 bits per heavy atom. The molecule has 0 unspecified atom stereocenters. The predicted octanol–water partition coefficient (Wildman–Crippen LogP) is 9.44. The van der Waals surface area contributed by atoms with Crippen LogP contribution in [0.4, 0.5) is 0 Å². The number of allylic oxidation sites excluding steroid dienone is 1. The van der Waals surface area contributed by atoms with E-state index in [0.717, 1.165) is 6.61 Å². The predicted molar refractivity (Wildman–Crippen MR) is 127 cm³/mol. The molecule has 0 aromatic rings. The minimum atomic E-state index is -1.39. The van der Waals surface area contributed by atoms with Crippen LogP contribution in [0, 0.1) is 0 Å². The van der Waals surface area contributed by atoms with Crippen LogP contribution in [0.15, 0.2) is 12.7 Å². The van der Waals surface area contributed by atoms with E-state index >= 15 is 0 Å². The third-order valence-corrected chi connectivity index (χ3v) is 8.22. The summed E-state index contributed by atoms with van der Waals surface area (Å²) >= 11 is 0. The first kappa shape index (κ1) is 26.9. The smallest absolute Gasteiger partial charge is 0.186 e. The summed E-state index contributed by atoms with van der Waals surface area (Å²) in [6.07, 6.45) is 27.0. The Hall–Kier alpha value is -0.0831. The van der Waals surface area contributed by atoms with E-state index in [0.29, 0.717) is 0 Å². The van der Waals surface area contributed by atoms with Crippen molar-refractivity contribution in [1.29, 1.82) is 0 Å². The van der Waals surface area contributed by atoms with Gasteiger partial charge in [-0.1, -0.05) is 109 Å². The molecule has 0 fully saturated rings. The highest BCUT2D eigenvalue weighted by atomic mass is 28.4. The summed E-state index contributed by atoms with van der Waals surface area (Å²) in [5, 5.41) is 0. The fourth-order valence-electron chi connectivity index (χ4n) is 3.73. The largest absolute Gasteiger partial charge is 0.417 e. The molecule has 2 heteroatoms. The van der Waals surface area contributed by atoms with Crippen LogP contribution in [0.1, 0.15) is 122 Å². The number of hydrogen-bond acceptors (Lipinski definition) is 1. The maximum atomic E-state index is 6.30. The number of rotatable bonds is 22. The van der Waals surface area contributed by atoms with Gasteiger partial charge in [-0.25, -0.2) is 0 Å². The lowest BCUT2D eigenvalue weighted by Crippen LogP contribution is -2.30. The average molecular weight is 397 g/mol. The maximum Gasteiger partial charge on any atom is 0.186 e. The topological polar surface area (TPSA) is 9.23 Å². The second kappa shape index (κ2) is 20.6. The molecule has 1 nitrogen and oxygen atoms in total. The summed E-state index contributed by atoms with van der Waals surface area (Å²) < 4.78 is 6.30. The van der Waals surface area contributed by atoms with E-state index in [1.807, 2.05) is 6.08 Å². The van der Waals surface area contributed by atoms with Crippen molar-refractivity contribution >= 4 is 8.32 Å². The SMILES string of the molecule is C=CCCCCCCCCCO[Si](C)(C)CCCCCCCCCCCC. The van der Waals surface area contributed by atoms with Gasteiger partial charge in [0.25, 0.3) is 0 Å². The van der Waals surface area contributed by atoms with Crippen LogP contribution in [-0.4, -0.2) is 14.9 Å². The summed E-state index contributed by atoms with van der Waals surface area (Å²) in [5.74, 6) is 0. The fraction of sp³-hybridized carbons (Fsp3) is 0.920. The Labute approximate surface area is 173 Å². The molecule has 0 aromatic heterocycles. The lowest BCUT2D eigenvalue weighted by atomic mass is 10.1. The highest BCUT2D eigenvalue weighted by Gasteiger charge is 2.21. The molecule has 0 amide bonds. The highest BCUT2D eigenvalue weighted by molar-refractivity contribution is 6.71. The molecule has 0 bridgehead atoms. The van der Waals surface area contributed by atoms with E-state index in [4.69, 9.17) is 4.43 Å². The van der Waals surface area contributed by atoms with Gasteiger partial charge in [0.05, 0.1) is 0 Å². The fourth-order valence-corrected chi connectivity index (χ4v) is 5.68. The number of unbranched alkanes of at least 4 members (excludes halogenated alkanes) is 16. The minimum absolute atomic E-state index is 1.01. The van der Waals surface area contributed by atoms with Gasteiger partial charge in [-0.05, 0) is 38.4 Å². The Morgan fingerprint density at radius 2 is 1.07 bits per heavy atom. The molecule has 0 aliphatic rings. The van der Waals surface area contributed by atoms with Gasteiger partial charge < -0.3 is 4.43 Å². The molecular weight excluding hydrogens is 344 g/mol. The molecule has 0 spiro atoms. The third-order valence-electron chi connectivity index (χ3n) is 5.68. The first-order chi connectivity index (χ1) is 13.1. The molecule has 0 N–H and O–H groups in total. The normalized spacial score (nSPS) is 11.8. The van der Waals surface area contributed by atoms with Gasteiger partial charge in [-0.2, -0.15) is 0 Å². The Balaban J connectivity index is 3.32. The Bertz CT molecular complexity index is 301. The van der Waals surface area contributed by atoms with Crippen LogP contribution < -0.4 is 0 Å². The van der Waals surface area contributed by atoms with Crippen molar-refractivity contribution in [2.24, 2.45) is 0 Å². The van der Waals surface area contributed by atoms with Crippen molar-refractivity contribution in [3.63, 3.8) is 0 Å². The summed E-state index contributed by atoms with van der Waals surface area (Å²) in [4.78, 5) is 0. The van der Waals surface area contributed by atoms with Gasteiger partial charge in [0.2, 0.25) is 0 Å². The summed E-state index contributed by atoms with van der Waals surface area (Å²) in [7, 11) is -1.39. The van der Waals surface area contributed by atoms with Crippen molar-refractivity contribution in [3.05, 3.63) is 12.7 Å². The third kappa shape index (κ3) is 22.1. The van der Waals surface area contributed by atoms with Crippen LogP contribution in [0.5, 0.6) is 0 Å². The van der Waals surface area contributed by atoms with Crippen LogP contribution in [0.25, 0.3) is 0 Å². The number of hydrogen-bond donors (Lipinski definition) is 0. The van der Waals surface area contributed by atoms with E-state index < -0.39 is 8.32 Å². The van der Waals surface area contributed by atoms with Crippen LogP contribution in [0.3, 0.4) is 0 Å². The van der Waals surface area contributed by atoms with E-state index in [-0.39, 0.29) is 0 Å². The molecule has 0 atom stereocenters. The van der Waals surface area contributed by atoms with E-state index in [1.54, 1.807) is 0 Å². The first-order valence-electron chi connectivity index (χ1n) is 12.4. The second-order valence-electron chi connectivity index (χ2n) is 9.09. The quantitative estimate of drug-likeness (QED) is 0.100. The molecule has 27 heavy (non-hydrogen) atoms. The van der Waals surface area contributed by atoms with Crippen molar-refractivity contribution in [1.82, 2.24) is 0 Å². The minimum Gasteiger partial charge on any atom is -0.417 e.